The molecule has 3 aromatic carbocycles. The number of sulfonamides is 1. The highest BCUT2D eigenvalue weighted by atomic mass is 35.5. The molecule has 1 amide bonds. The second-order valence-electron chi connectivity index (χ2n) is 7.69. The Bertz CT molecular complexity index is 1340. The van der Waals surface area contributed by atoms with Gasteiger partial charge in [0.15, 0.2) is 0 Å². The molecule has 0 atom stereocenters. The average molecular weight is 534 g/mol. The Morgan fingerprint density at radius 2 is 1.83 bits per heavy atom. The highest BCUT2D eigenvalue weighted by Gasteiger charge is 2.28. The third kappa shape index (κ3) is 6.60. The highest BCUT2D eigenvalue weighted by molar-refractivity contribution is 7.89. The summed E-state index contributed by atoms with van der Waals surface area (Å²) < 4.78 is 52.5. The zero-order chi connectivity index (χ0) is 26.3. The normalized spacial score (nSPS) is 11.6. The third-order valence-electron chi connectivity index (χ3n) is 5.20. The number of aryl methyl sites for hydroxylation is 1. The monoisotopic (exact) mass is 533 g/mol. The molecule has 0 aromatic heterocycles. The van der Waals surface area contributed by atoms with E-state index >= 15 is 0 Å². The average Bonchev–Trinajstić information content (AvgIpc) is 2.85. The van der Waals surface area contributed by atoms with Gasteiger partial charge in [0, 0.05) is 22.7 Å². The van der Waals surface area contributed by atoms with E-state index in [9.17, 15) is 17.6 Å². The maximum Gasteiger partial charge on any atom is 0.255 e. The number of carbonyl (C=O) groups excluding carboxylic acids is 1. The number of carbonyl (C=O) groups is 1. The molecule has 0 saturated carbocycles. The lowest BCUT2D eigenvalue weighted by atomic mass is 10.2. The first kappa shape index (κ1) is 27.1. The zero-order valence-corrected chi connectivity index (χ0v) is 21.4. The Hall–Kier alpha value is -3.47. The SMILES string of the molecule is COc1ccc(OC)c(/C=N\NC(=O)CN(Cc2c(F)cccc2Cl)S(=O)(=O)c2ccc(C)cc2)c1. The van der Waals surface area contributed by atoms with Crippen molar-refractivity contribution >= 4 is 33.7 Å². The first-order valence-corrected chi connectivity index (χ1v) is 12.5. The second kappa shape index (κ2) is 12.0. The van der Waals surface area contributed by atoms with Crippen LogP contribution in [0.4, 0.5) is 4.39 Å². The Balaban J connectivity index is 1.85. The lowest BCUT2D eigenvalue weighted by molar-refractivity contribution is -0.121. The molecular weight excluding hydrogens is 509 g/mol. The number of methoxy groups -OCH3 is 2. The van der Waals surface area contributed by atoms with E-state index in [1.807, 2.05) is 6.92 Å². The lowest BCUT2D eigenvalue weighted by Crippen LogP contribution is -2.39. The Kier molecular flexibility index (Phi) is 9.03. The first-order valence-electron chi connectivity index (χ1n) is 10.7. The number of rotatable bonds is 10. The number of amides is 1. The molecule has 0 bridgehead atoms. The number of nitrogens with zero attached hydrogens (tertiary/aromatic N) is 2. The summed E-state index contributed by atoms with van der Waals surface area (Å²) in [7, 11) is -1.19. The predicted molar refractivity (Wildman–Crippen MR) is 135 cm³/mol. The molecule has 3 aromatic rings. The number of hydrogen-bond donors (Lipinski definition) is 1. The van der Waals surface area contributed by atoms with Gasteiger partial charge in [-0.1, -0.05) is 35.4 Å². The number of hydrazone groups is 1. The fraction of sp³-hybridized carbons (Fsp3) is 0.200. The molecule has 0 unspecified atom stereocenters. The van der Waals surface area contributed by atoms with Crippen molar-refractivity contribution in [3.05, 3.63) is 88.2 Å². The van der Waals surface area contributed by atoms with E-state index < -0.39 is 34.8 Å². The minimum Gasteiger partial charge on any atom is -0.497 e. The van der Waals surface area contributed by atoms with E-state index in [0.29, 0.717) is 17.1 Å². The number of nitrogens with one attached hydrogen (secondary N) is 1. The molecule has 0 aliphatic carbocycles. The highest BCUT2D eigenvalue weighted by Crippen LogP contribution is 2.25. The van der Waals surface area contributed by atoms with Crippen molar-refractivity contribution in [1.29, 1.82) is 0 Å². The molecule has 8 nitrogen and oxygen atoms in total. The van der Waals surface area contributed by atoms with Crippen molar-refractivity contribution in [2.24, 2.45) is 5.10 Å². The minimum atomic E-state index is -4.18. The van der Waals surface area contributed by atoms with Crippen molar-refractivity contribution < 1.29 is 27.1 Å². The fourth-order valence-electron chi connectivity index (χ4n) is 3.25. The van der Waals surface area contributed by atoms with E-state index in [4.69, 9.17) is 21.1 Å². The van der Waals surface area contributed by atoms with E-state index in [1.165, 1.54) is 50.8 Å². The molecule has 190 valence electrons. The topological polar surface area (TPSA) is 97.3 Å². The van der Waals surface area contributed by atoms with Crippen molar-refractivity contribution in [2.75, 3.05) is 20.8 Å². The smallest absolute Gasteiger partial charge is 0.255 e. The van der Waals surface area contributed by atoms with Crippen LogP contribution in [0.2, 0.25) is 5.02 Å². The molecule has 0 radical (unpaired) electrons. The van der Waals surface area contributed by atoms with E-state index in [-0.39, 0.29) is 15.5 Å². The van der Waals surface area contributed by atoms with Crippen LogP contribution in [-0.2, 0) is 21.4 Å². The van der Waals surface area contributed by atoms with Gasteiger partial charge in [0.2, 0.25) is 10.0 Å². The summed E-state index contributed by atoms with van der Waals surface area (Å²) in [4.78, 5) is 12.7. The van der Waals surface area contributed by atoms with Crippen LogP contribution in [0, 0.1) is 12.7 Å². The first-order chi connectivity index (χ1) is 17.1. The van der Waals surface area contributed by atoms with Gasteiger partial charge < -0.3 is 9.47 Å². The molecule has 36 heavy (non-hydrogen) atoms. The quantitative estimate of drug-likeness (QED) is 0.312. The van der Waals surface area contributed by atoms with Gasteiger partial charge >= 0.3 is 0 Å². The molecular formula is C25H25ClFN3O5S. The summed E-state index contributed by atoms with van der Waals surface area (Å²) in [5.74, 6) is -0.376. The van der Waals surface area contributed by atoms with Gasteiger partial charge in [-0.15, -0.1) is 0 Å². The molecule has 0 heterocycles. The molecule has 0 saturated heterocycles. The number of ether oxygens (including phenoxy) is 2. The summed E-state index contributed by atoms with van der Waals surface area (Å²) in [5.41, 5.74) is 3.64. The van der Waals surface area contributed by atoms with Crippen molar-refractivity contribution in [1.82, 2.24) is 9.73 Å². The summed E-state index contributed by atoms with van der Waals surface area (Å²) in [6.45, 7) is 0.728. The van der Waals surface area contributed by atoms with Crippen LogP contribution in [0.1, 0.15) is 16.7 Å². The molecule has 0 fully saturated rings. The summed E-state index contributed by atoms with van der Waals surface area (Å²) in [5, 5.41) is 3.95. The minimum absolute atomic E-state index is 0.0435. The number of hydrogen-bond acceptors (Lipinski definition) is 6. The zero-order valence-electron chi connectivity index (χ0n) is 19.9. The van der Waals surface area contributed by atoms with Crippen molar-refractivity contribution in [2.45, 2.75) is 18.4 Å². The molecule has 3 rings (SSSR count). The summed E-state index contributed by atoms with van der Waals surface area (Å²) in [6.07, 6.45) is 1.34. The van der Waals surface area contributed by atoms with Crippen LogP contribution in [0.15, 0.2) is 70.7 Å². The third-order valence-corrected chi connectivity index (χ3v) is 7.36. The largest absolute Gasteiger partial charge is 0.497 e. The fourth-order valence-corrected chi connectivity index (χ4v) is 4.84. The van der Waals surface area contributed by atoms with Crippen LogP contribution < -0.4 is 14.9 Å². The molecule has 0 spiro atoms. The van der Waals surface area contributed by atoms with Crippen molar-refractivity contribution in [3.63, 3.8) is 0 Å². The van der Waals surface area contributed by atoms with Gasteiger partial charge in [-0.2, -0.15) is 9.41 Å². The number of halogens is 2. The van der Waals surface area contributed by atoms with Gasteiger partial charge in [-0.05, 0) is 49.4 Å². The van der Waals surface area contributed by atoms with Crippen LogP contribution in [0.3, 0.4) is 0 Å². The summed E-state index contributed by atoms with van der Waals surface area (Å²) >= 11 is 6.12. The van der Waals surface area contributed by atoms with Crippen LogP contribution >= 0.6 is 11.6 Å². The van der Waals surface area contributed by atoms with Gasteiger partial charge in [0.1, 0.15) is 17.3 Å². The Labute approximate surface area is 214 Å². The molecule has 0 aliphatic rings. The molecule has 0 aliphatic heterocycles. The van der Waals surface area contributed by atoms with Crippen molar-refractivity contribution in [3.8, 4) is 11.5 Å². The second-order valence-corrected chi connectivity index (χ2v) is 10.0. The number of benzene rings is 3. The Morgan fingerprint density at radius 3 is 2.47 bits per heavy atom. The van der Waals surface area contributed by atoms with Gasteiger partial charge in [0.05, 0.1) is 31.9 Å². The molecule has 11 heteroatoms. The maximum absolute atomic E-state index is 14.5. The van der Waals surface area contributed by atoms with E-state index in [0.717, 1.165) is 9.87 Å². The summed E-state index contributed by atoms with van der Waals surface area (Å²) in [6, 6.07) is 15.2. The maximum atomic E-state index is 14.5. The van der Waals surface area contributed by atoms with E-state index in [2.05, 4.69) is 10.5 Å². The van der Waals surface area contributed by atoms with E-state index in [1.54, 1.807) is 30.3 Å². The van der Waals surface area contributed by atoms with Crippen LogP contribution in [0.25, 0.3) is 0 Å². The Morgan fingerprint density at radius 1 is 1.11 bits per heavy atom. The van der Waals surface area contributed by atoms with Gasteiger partial charge in [-0.3, -0.25) is 4.79 Å². The standard InChI is InChI=1S/C25H25ClFN3O5S/c1-17-7-10-20(11-8-17)36(32,33)30(15-21-22(26)5-4-6-23(21)27)16-25(31)29-28-14-18-13-19(34-2)9-12-24(18)35-3/h4-14H,15-16H2,1-3H3,(H,29,31)/b28-14-. The van der Waals surface area contributed by atoms with Crippen LogP contribution in [0.5, 0.6) is 11.5 Å². The van der Waals surface area contributed by atoms with Gasteiger partial charge in [-0.25, -0.2) is 18.2 Å². The predicted octanol–water partition coefficient (Wildman–Crippen LogP) is 4.15. The molecule has 1 N–H and O–H groups in total. The van der Waals surface area contributed by atoms with Gasteiger partial charge in [0.25, 0.3) is 5.91 Å². The lowest BCUT2D eigenvalue weighted by Gasteiger charge is -2.22. The van der Waals surface area contributed by atoms with Crippen LogP contribution in [-0.4, -0.2) is 45.6 Å².